The average molecular weight is 837 g/mol. The quantitative estimate of drug-likeness (QED) is 0.145. The van der Waals surface area contributed by atoms with Crippen molar-refractivity contribution in [3.63, 3.8) is 0 Å². The first-order chi connectivity index (χ1) is 32.2. The van der Waals surface area contributed by atoms with E-state index in [0.29, 0.717) is 0 Å². The van der Waals surface area contributed by atoms with E-state index in [1.54, 1.807) is 14.2 Å². The molecule has 0 amide bonds. The lowest BCUT2D eigenvalue weighted by Gasteiger charge is -2.34. The van der Waals surface area contributed by atoms with E-state index in [2.05, 4.69) is 216 Å². The van der Waals surface area contributed by atoms with Gasteiger partial charge in [0.15, 0.2) is 0 Å². The van der Waals surface area contributed by atoms with E-state index in [1.165, 1.54) is 54.9 Å². The van der Waals surface area contributed by atoms with Crippen LogP contribution in [0.1, 0.15) is 22.3 Å². The van der Waals surface area contributed by atoms with Gasteiger partial charge in [-0.2, -0.15) is 0 Å². The van der Waals surface area contributed by atoms with Crippen LogP contribution in [-0.2, 0) is 5.41 Å². The maximum atomic E-state index is 5.61. The Labute approximate surface area is 378 Å². The molecule has 11 aromatic rings. The topological polar surface area (TPSA) is 26.6 Å². The Hall–Kier alpha value is -8.34. The summed E-state index contributed by atoms with van der Waals surface area (Å²) in [5, 5.41) is 4.86. The fraction of sp³-hybridized carbons (Fsp3) is 0.0492. The smallest absolute Gasteiger partial charge is 0.119 e. The van der Waals surface area contributed by atoms with Crippen molar-refractivity contribution in [2.45, 2.75) is 5.41 Å². The molecule has 0 aliphatic heterocycles. The third-order valence-electron chi connectivity index (χ3n) is 13.5. The van der Waals surface area contributed by atoms with Crippen molar-refractivity contribution in [1.29, 1.82) is 0 Å². The summed E-state index contributed by atoms with van der Waals surface area (Å²) in [5.74, 6) is 1.61. The molecule has 0 fully saturated rings. The Bertz CT molecular complexity index is 3470. The van der Waals surface area contributed by atoms with Gasteiger partial charge >= 0.3 is 0 Å². The minimum atomic E-state index is -0.521. The molecule has 0 atom stereocenters. The zero-order valence-electron chi connectivity index (χ0n) is 36.2. The van der Waals surface area contributed by atoms with E-state index in [0.717, 1.165) is 56.4 Å². The molecule has 0 saturated heterocycles. The summed E-state index contributed by atoms with van der Waals surface area (Å²) in [6.07, 6.45) is 0. The summed E-state index contributed by atoms with van der Waals surface area (Å²) in [6, 6.07) is 83.8. The molecule has 1 aromatic heterocycles. The van der Waals surface area contributed by atoms with Crippen LogP contribution >= 0.6 is 0 Å². The lowest BCUT2D eigenvalue weighted by atomic mass is 9.67. The summed E-state index contributed by atoms with van der Waals surface area (Å²) < 4.78 is 13.7. The Balaban J connectivity index is 1.14. The second-order valence-electron chi connectivity index (χ2n) is 16.7. The third kappa shape index (κ3) is 5.91. The number of rotatable bonds is 9. The van der Waals surface area contributed by atoms with Gasteiger partial charge in [-0.1, -0.05) is 152 Å². The number of aromatic nitrogens is 1. The largest absolute Gasteiger partial charge is 0.497 e. The first kappa shape index (κ1) is 38.3. The zero-order valence-corrected chi connectivity index (χ0v) is 36.2. The van der Waals surface area contributed by atoms with Crippen LogP contribution in [0, 0.1) is 0 Å². The van der Waals surface area contributed by atoms with Crippen LogP contribution < -0.4 is 14.4 Å². The molecular weight excluding hydrogens is 793 g/mol. The predicted octanol–water partition coefficient (Wildman–Crippen LogP) is 15.5. The second-order valence-corrected chi connectivity index (χ2v) is 16.7. The van der Waals surface area contributed by atoms with E-state index >= 15 is 0 Å². The van der Waals surface area contributed by atoms with Gasteiger partial charge in [0, 0.05) is 33.4 Å². The number of nitrogens with zero attached hydrogens (tertiary/aromatic N) is 2. The summed E-state index contributed by atoms with van der Waals surface area (Å²) in [4.78, 5) is 2.33. The van der Waals surface area contributed by atoms with Crippen molar-refractivity contribution in [2.75, 3.05) is 19.1 Å². The Morgan fingerprint density at radius 2 is 0.908 bits per heavy atom. The van der Waals surface area contributed by atoms with Gasteiger partial charge in [-0.25, -0.2) is 0 Å². The van der Waals surface area contributed by atoms with Crippen molar-refractivity contribution in [2.24, 2.45) is 0 Å². The molecule has 12 rings (SSSR count). The van der Waals surface area contributed by atoms with Crippen molar-refractivity contribution in [3.05, 3.63) is 253 Å². The highest BCUT2D eigenvalue weighted by atomic mass is 16.5. The molecule has 1 aliphatic carbocycles. The van der Waals surface area contributed by atoms with Gasteiger partial charge in [0.25, 0.3) is 0 Å². The monoisotopic (exact) mass is 836 g/mol. The van der Waals surface area contributed by atoms with Gasteiger partial charge in [-0.3, -0.25) is 0 Å². The number of para-hydroxylation sites is 2. The lowest BCUT2D eigenvalue weighted by Crippen LogP contribution is -2.28. The molecule has 0 unspecified atom stereocenters. The lowest BCUT2D eigenvalue weighted by molar-refractivity contribution is 0.415. The first-order valence-electron chi connectivity index (χ1n) is 22.2. The molecule has 0 saturated carbocycles. The van der Waals surface area contributed by atoms with Gasteiger partial charge in [0.1, 0.15) is 11.5 Å². The van der Waals surface area contributed by atoms with E-state index < -0.39 is 5.41 Å². The van der Waals surface area contributed by atoms with Crippen LogP contribution in [0.4, 0.5) is 17.1 Å². The van der Waals surface area contributed by atoms with Gasteiger partial charge < -0.3 is 18.9 Å². The SMILES string of the molecule is COc1ccc(N(c2ccc(OC)cc2)c2ccccc2-c2cc3c(c4ccccc24)c2ccccc2n3-c2ccc3c(c2)C(c2ccccc2)(c2ccccc2)c2ccccc2-3)cc1. The zero-order chi connectivity index (χ0) is 43.5. The average Bonchev–Trinajstić information content (AvgIpc) is 3.88. The molecule has 0 bridgehead atoms. The molecule has 1 heterocycles. The summed E-state index contributed by atoms with van der Waals surface area (Å²) in [6.45, 7) is 0. The summed E-state index contributed by atoms with van der Waals surface area (Å²) >= 11 is 0. The van der Waals surface area contributed by atoms with Crippen molar-refractivity contribution in [3.8, 4) is 39.4 Å². The fourth-order valence-electron chi connectivity index (χ4n) is 10.7. The molecule has 0 spiro atoms. The van der Waals surface area contributed by atoms with Crippen LogP contribution in [0.3, 0.4) is 0 Å². The maximum absolute atomic E-state index is 5.61. The number of ether oxygens (including phenoxy) is 2. The van der Waals surface area contributed by atoms with Crippen molar-refractivity contribution < 1.29 is 9.47 Å². The Morgan fingerprint density at radius 1 is 0.385 bits per heavy atom. The highest BCUT2D eigenvalue weighted by Crippen LogP contribution is 2.57. The molecule has 0 N–H and O–H groups in total. The Morgan fingerprint density at radius 3 is 1.55 bits per heavy atom. The highest BCUT2D eigenvalue weighted by Gasteiger charge is 2.46. The van der Waals surface area contributed by atoms with Gasteiger partial charge in [0.2, 0.25) is 0 Å². The second kappa shape index (κ2) is 15.5. The molecule has 65 heavy (non-hydrogen) atoms. The predicted molar refractivity (Wildman–Crippen MR) is 269 cm³/mol. The molecule has 310 valence electrons. The number of fused-ring (bicyclic) bond motifs is 8. The number of anilines is 3. The van der Waals surface area contributed by atoms with E-state index in [4.69, 9.17) is 9.47 Å². The summed E-state index contributed by atoms with van der Waals surface area (Å²) in [7, 11) is 3.41. The van der Waals surface area contributed by atoms with Crippen molar-refractivity contribution >= 4 is 49.6 Å². The van der Waals surface area contributed by atoms with Crippen LogP contribution in [0.5, 0.6) is 11.5 Å². The molecule has 4 nitrogen and oxygen atoms in total. The fourth-order valence-corrected chi connectivity index (χ4v) is 10.7. The Kier molecular flexibility index (Phi) is 9.13. The molecule has 1 aliphatic rings. The van der Waals surface area contributed by atoms with Gasteiger partial charge in [-0.05, 0) is 129 Å². The van der Waals surface area contributed by atoms with Crippen LogP contribution in [0.2, 0.25) is 0 Å². The van der Waals surface area contributed by atoms with Crippen LogP contribution in [0.15, 0.2) is 231 Å². The van der Waals surface area contributed by atoms with E-state index in [9.17, 15) is 0 Å². The minimum absolute atomic E-state index is 0.521. The van der Waals surface area contributed by atoms with Crippen LogP contribution in [0.25, 0.3) is 60.5 Å². The van der Waals surface area contributed by atoms with Crippen LogP contribution in [-0.4, -0.2) is 18.8 Å². The van der Waals surface area contributed by atoms with Crippen molar-refractivity contribution in [1.82, 2.24) is 4.57 Å². The maximum Gasteiger partial charge on any atom is 0.119 e. The molecule has 4 heteroatoms. The molecule has 0 radical (unpaired) electrons. The number of hydrogen-bond acceptors (Lipinski definition) is 3. The van der Waals surface area contributed by atoms with E-state index in [1.807, 2.05) is 24.3 Å². The molecule has 10 aromatic carbocycles. The normalized spacial score (nSPS) is 12.6. The summed E-state index contributed by atoms with van der Waals surface area (Å²) in [5.41, 5.74) is 15.9. The first-order valence-corrected chi connectivity index (χ1v) is 22.2. The van der Waals surface area contributed by atoms with Gasteiger partial charge in [-0.15, -0.1) is 0 Å². The van der Waals surface area contributed by atoms with Gasteiger partial charge in [0.05, 0.1) is 36.4 Å². The van der Waals surface area contributed by atoms with E-state index in [-0.39, 0.29) is 0 Å². The number of methoxy groups -OCH3 is 2. The standard InChI is InChI=1S/C61H44N2O2/c1-64-46-34-29-43(30-35-46)62(44-31-36-47(65-2)37-32-44)57-27-15-12-23-51(57)54-40-59-60(52-24-10-9-21-48(52)54)53-25-13-16-28-58(53)63(59)45-33-38-50-49-22-11-14-26-55(49)61(56(50)39-45,41-17-5-3-6-18-41)42-19-7-4-8-20-42/h3-40H,1-2H3. The molecular formula is C61H44N2O2. The number of hydrogen-bond donors (Lipinski definition) is 0. The highest BCUT2D eigenvalue weighted by molar-refractivity contribution is 6.24. The third-order valence-corrected chi connectivity index (χ3v) is 13.5. The minimum Gasteiger partial charge on any atom is -0.497 e. The number of benzene rings is 10.